The molecule has 0 radical (unpaired) electrons. The van der Waals surface area contributed by atoms with Crippen LogP contribution in [0.2, 0.25) is 0 Å². The Kier molecular flexibility index (Phi) is 8.57. The van der Waals surface area contributed by atoms with Gasteiger partial charge in [-0.15, -0.1) is 0 Å². The molecule has 0 spiro atoms. The van der Waals surface area contributed by atoms with Gasteiger partial charge in [0, 0.05) is 13.1 Å². The lowest BCUT2D eigenvalue weighted by Gasteiger charge is -2.28. The topological polar surface area (TPSA) is 98.0 Å². The molecule has 7 rings (SSSR count). The normalized spacial score (nSPS) is 15.4. The van der Waals surface area contributed by atoms with E-state index in [1.807, 2.05) is 89.5 Å². The Hall–Kier alpha value is -5.24. The van der Waals surface area contributed by atoms with Crippen molar-refractivity contribution in [2.45, 2.75) is 58.0 Å². The molecular weight excluding hydrogens is 584 g/mol. The van der Waals surface area contributed by atoms with Crippen molar-refractivity contribution < 1.29 is 9.59 Å². The highest BCUT2D eigenvalue weighted by Crippen LogP contribution is 2.34. The molecule has 1 saturated heterocycles. The first kappa shape index (κ1) is 30.4. The molecule has 2 amide bonds. The molecule has 1 unspecified atom stereocenters. The molecule has 2 N–H and O–H groups in total. The lowest BCUT2D eigenvalue weighted by atomic mass is 10.0. The van der Waals surface area contributed by atoms with E-state index in [0.29, 0.717) is 19.4 Å². The molecule has 4 aromatic carbocycles. The molecule has 1 aliphatic heterocycles. The number of H-pyrrole nitrogens is 2. The van der Waals surface area contributed by atoms with Gasteiger partial charge in [-0.2, -0.15) is 0 Å². The number of benzene rings is 4. The Morgan fingerprint density at radius 2 is 1.45 bits per heavy atom. The van der Waals surface area contributed by atoms with Crippen molar-refractivity contribution in [3.8, 4) is 11.1 Å². The van der Waals surface area contributed by atoms with Gasteiger partial charge in [0.1, 0.15) is 11.6 Å². The number of rotatable bonds is 10. The number of aromatic amines is 2. The Morgan fingerprint density at radius 3 is 2.11 bits per heavy atom. The van der Waals surface area contributed by atoms with Gasteiger partial charge in [-0.05, 0) is 72.7 Å². The van der Waals surface area contributed by atoms with Crippen molar-refractivity contribution in [2.75, 3.05) is 13.1 Å². The zero-order valence-electron chi connectivity index (χ0n) is 26.9. The maximum absolute atomic E-state index is 13.3. The molecule has 0 saturated carbocycles. The number of carbonyl (C=O) groups is 2. The molecule has 238 valence electrons. The van der Waals surface area contributed by atoms with E-state index in [1.165, 1.54) is 0 Å². The minimum Gasteiger partial charge on any atom is -0.340 e. The van der Waals surface area contributed by atoms with Gasteiger partial charge in [0.05, 0.1) is 47.0 Å². The highest BCUT2D eigenvalue weighted by atomic mass is 16.2. The first-order valence-electron chi connectivity index (χ1n) is 16.6. The average Bonchev–Trinajstić information content (AvgIpc) is 3.85. The van der Waals surface area contributed by atoms with Gasteiger partial charge in [-0.25, -0.2) is 9.97 Å². The minimum absolute atomic E-state index is 0.0457. The summed E-state index contributed by atoms with van der Waals surface area (Å²) in [6.07, 6.45) is 3.51. The highest BCUT2D eigenvalue weighted by Gasteiger charge is 2.32. The number of hydrogen-bond donors (Lipinski definition) is 2. The first-order valence-corrected chi connectivity index (χ1v) is 16.6. The van der Waals surface area contributed by atoms with Gasteiger partial charge < -0.3 is 19.8 Å². The minimum atomic E-state index is -0.184. The predicted octanol–water partition coefficient (Wildman–Crippen LogP) is 7.55. The van der Waals surface area contributed by atoms with Crippen molar-refractivity contribution in [3.05, 3.63) is 120 Å². The van der Waals surface area contributed by atoms with E-state index in [9.17, 15) is 9.59 Å². The molecule has 8 heteroatoms. The summed E-state index contributed by atoms with van der Waals surface area (Å²) in [5.74, 6) is 1.86. The zero-order chi connectivity index (χ0) is 32.3. The number of imidazole rings is 2. The lowest BCUT2D eigenvalue weighted by molar-refractivity contribution is -0.133. The maximum Gasteiger partial charge on any atom is 0.227 e. The number of nitrogens with one attached hydrogen (secondary N) is 2. The average molecular weight is 625 g/mol. The number of carbonyl (C=O) groups excluding carboxylic acids is 2. The smallest absolute Gasteiger partial charge is 0.227 e. The van der Waals surface area contributed by atoms with Crippen LogP contribution < -0.4 is 0 Å². The van der Waals surface area contributed by atoms with Crippen LogP contribution in [-0.2, 0) is 22.4 Å². The van der Waals surface area contributed by atoms with Crippen LogP contribution in [0.3, 0.4) is 0 Å². The van der Waals surface area contributed by atoms with Crippen LogP contribution in [0.1, 0.15) is 68.0 Å². The number of hydrogen-bond acceptors (Lipinski definition) is 4. The summed E-state index contributed by atoms with van der Waals surface area (Å²) in [6, 6.07) is 32.1. The molecule has 0 aliphatic carbocycles. The fourth-order valence-electron chi connectivity index (χ4n) is 6.79. The van der Waals surface area contributed by atoms with Gasteiger partial charge in [-0.1, -0.05) is 79.7 Å². The van der Waals surface area contributed by atoms with Crippen molar-refractivity contribution in [1.82, 2.24) is 29.7 Å². The van der Waals surface area contributed by atoms with E-state index in [0.717, 1.165) is 81.8 Å². The van der Waals surface area contributed by atoms with Gasteiger partial charge in [0.15, 0.2) is 0 Å². The third-order valence-electron chi connectivity index (χ3n) is 9.27. The van der Waals surface area contributed by atoms with E-state index in [-0.39, 0.29) is 23.9 Å². The van der Waals surface area contributed by atoms with Gasteiger partial charge >= 0.3 is 0 Å². The van der Waals surface area contributed by atoms with Crippen LogP contribution in [0.15, 0.2) is 97.1 Å². The van der Waals surface area contributed by atoms with Crippen LogP contribution in [0.4, 0.5) is 0 Å². The maximum atomic E-state index is 13.3. The molecule has 2 aromatic heterocycles. The van der Waals surface area contributed by atoms with Crippen LogP contribution in [0.25, 0.3) is 33.2 Å². The van der Waals surface area contributed by atoms with Gasteiger partial charge in [-0.3, -0.25) is 9.59 Å². The Bertz CT molecular complexity index is 2020. The van der Waals surface area contributed by atoms with Gasteiger partial charge in [0.2, 0.25) is 11.8 Å². The van der Waals surface area contributed by atoms with Crippen LogP contribution in [0.5, 0.6) is 0 Å². The third kappa shape index (κ3) is 6.41. The zero-order valence-corrected chi connectivity index (χ0v) is 26.9. The number of likely N-dealkylation sites (tertiary alicyclic amines) is 1. The van der Waals surface area contributed by atoms with Gasteiger partial charge in [0.25, 0.3) is 0 Å². The Morgan fingerprint density at radius 1 is 0.830 bits per heavy atom. The number of aromatic nitrogens is 4. The lowest BCUT2D eigenvalue weighted by Crippen LogP contribution is -2.35. The number of nitrogens with zero attached hydrogens (tertiary/aromatic N) is 4. The van der Waals surface area contributed by atoms with E-state index in [1.54, 1.807) is 0 Å². The summed E-state index contributed by atoms with van der Waals surface area (Å²) in [5.41, 5.74) is 7.81. The van der Waals surface area contributed by atoms with Crippen molar-refractivity contribution in [3.63, 3.8) is 0 Å². The SMILES string of the molecule is CCCN(C(=O)Cc1ccccc1)C(C)c1nc2ccc(-c3ccc4nc([C@@H]5CCCN5C(=O)Cc5ccccc5)[nH]c4c3)cc2[nH]1. The number of fused-ring (bicyclic) bond motifs is 2. The quantitative estimate of drug-likeness (QED) is 0.164. The van der Waals surface area contributed by atoms with E-state index in [4.69, 9.17) is 9.97 Å². The molecule has 6 aromatic rings. The summed E-state index contributed by atoms with van der Waals surface area (Å²) in [4.78, 5) is 47.3. The molecule has 47 heavy (non-hydrogen) atoms. The summed E-state index contributed by atoms with van der Waals surface area (Å²) >= 11 is 0. The van der Waals surface area contributed by atoms with Crippen LogP contribution in [-0.4, -0.2) is 54.6 Å². The van der Waals surface area contributed by atoms with E-state index >= 15 is 0 Å². The van der Waals surface area contributed by atoms with Crippen molar-refractivity contribution >= 4 is 33.9 Å². The largest absolute Gasteiger partial charge is 0.340 e. The van der Waals surface area contributed by atoms with E-state index < -0.39 is 0 Å². The van der Waals surface area contributed by atoms with Crippen LogP contribution in [0, 0.1) is 0 Å². The van der Waals surface area contributed by atoms with Crippen LogP contribution >= 0.6 is 0 Å². The monoisotopic (exact) mass is 624 g/mol. The summed E-state index contributed by atoms with van der Waals surface area (Å²) in [6.45, 7) is 5.55. The Balaban J connectivity index is 1.10. The summed E-state index contributed by atoms with van der Waals surface area (Å²) in [5, 5.41) is 0. The van der Waals surface area contributed by atoms with E-state index in [2.05, 4.69) is 41.2 Å². The molecule has 2 atom stereocenters. The molecule has 1 fully saturated rings. The standard InChI is InChI=1S/C39H40N6O2/c1-3-20-44(36(46)22-27-11-6-4-7-12-27)26(2)38-40-31-18-16-29(24-33(31)42-38)30-17-19-32-34(25-30)43-39(41-32)35-15-10-21-45(35)37(47)23-28-13-8-5-9-14-28/h4-9,11-14,16-19,24-26,35H,3,10,15,20-23H2,1-2H3,(H,40,42)(H,41,43)/t26?,35-/m0/s1. The van der Waals surface area contributed by atoms with Crippen molar-refractivity contribution in [1.29, 1.82) is 0 Å². The Labute approximate surface area is 274 Å². The molecule has 8 nitrogen and oxygen atoms in total. The molecule has 1 aliphatic rings. The number of amides is 2. The highest BCUT2D eigenvalue weighted by molar-refractivity contribution is 5.87. The second-order valence-corrected chi connectivity index (χ2v) is 12.5. The molecule has 3 heterocycles. The fourth-order valence-corrected chi connectivity index (χ4v) is 6.79. The second-order valence-electron chi connectivity index (χ2n) is 12.5. The van der Waals surface area contributed by atoms with Crippen molar-refractivity contribution in [2.24, 2.45) is 0 Å². The molecule has 0 bridgehead atoms. The summed E-state index contributed by atoms with van der Waals surface area (Å²) in [7, 11) is 0. The molecular formula is C39H40N6O2. The predicted molar refractivity (Wildman–Crippen MR) is 186 cm³/mol. The first-order chi connectivity index (χ1) is 23.0. The summed E-state index contributed by atoms with van der Waals surface area (Å²) < 4.78 is 0. The third-order valence-corrected chi connectivity index (χ3v) is 9.27. The fraction of sp³-hybridized carbons (Fsp3) is 0.282. The second kappa shape index (κ2) is 13.2.